The molecule has 0 aliphatic carbocycles. The minimum absolute atomic E-state index is 0.0803. The van der Waals surface area contributed by atoms with Gasteiger partial charge in [0.1, 0.15) is 5.82 Å². The molecule has 1 aliphatic rings. The molecular weight excluding hydrogens is 420 g/mol. The van der Waals surface area contributed by atoms with Crippen molar-refractivity contribution in [1.29, 1.82) is 0 Å². The smallest absolute Gasteiger partial charge is 0.261 e. The van der Waals surface area contributed by atoms with Crippen LogP contribution in [0.2, 0.25) is 0 Å². The largest absolute Gasteiger partial charge is 0.370 e. The Hall–Kier alpha value is -2.66. The number of hydrogen-bond acceptors (Lipinski definition) is 4. The number of likely N-dealkylation sites (tertiary alicyclic amines) is 1. The predicted octanol–water partition coefficient (Wildman–Crippen LogP) is 5.87. The van der Waals surface area contributed by atoms with Crippen LogP contribution in [0.15, 0.2) is 53.3 Å². The maximum atomic E-state index is 13.7. The van der Waals surface area contributed by atoms with Gasteiger partial charge in [0.05, 0.1) is 16.9 Å². The molecule has 0 radical (unpaired) electrons. The van der Waals surface area contributed by atoms with Crippen LogP contribution in [0.3, 0.4) is 0 Å². The fourth-order valence-electron chi connectivity index (χ4n) is 5.69. The van der Waals surface area contributed by atoms with E-state index in [4.69, 9.17) is 4.98 Å². The van der Waals surface area contributed by atoms with Crippen molar-refractivity contribution in [3.63, 3.8) is 0 Å². The first kappa shape index (κ1) is 24.5. The van der Waals surface area contributed by atoms with Gasteiger partial charge in [-0.3, -0.25) is 14.3 Å². The first-order valence-corrected chi connectivity index (χ1v) is 12.9. The van der Waals surface area contributed by atoms with Crippen LogP contribution in [0.1, 0.15) is 64.4 Å². The molecule has 0 amide bonds. The molecule has 5 nitrogen and oxygen atoms in total. The van der Waals surface area contributed by atoms with Gasteiger partial charge in [0, 0.05) is 38.9 Å². The van der Waals surface area contributed by atoms with E-state index in [0.29, 0.717) is 23.8 Å². The molecule has 1 fully saturated rings. The predicted molar refractivity (Wildman–Crippen MR) is 142 cm³/mol. The standard InChI is InChI=1S/C29H40N4O/c1-6-11-27(32-18-21(3)16-22(4)19-32)28-30-26-15-14-24(17-25(26)29(34)33(28)7-2)31(5)20-23-12-9-8-10-13-23/h8-10,12-15,17,21-22,27H,6-7,11,16,18-20H2,1-5H3/t21-,22+,27?. The van der Waals surface area contributed by atoms with Crippen LogP contribution in [-0.4, -0.2) is 34.6 Å². The number of fused-ring (bicyclic) bond motifs is 1. The molecular formula is C29H40N4O. The fourth-order valence-corrected chi connectivity index (χ4v) is 5.69. The van der Waals surface area contributed by atoms with Crippen LogP contribution in [-0.2, 0) is 13.1 Å². The molecule has 3 aromatic rings. The summed E-state index contributed by atoms with van der Waals surface area (Å²) >= 11 is 0. The Labute approximate surface area is 204 Å². The zero-order chi connectivity index (χ0) is 24.2. The minimum atomic E-state index is 0.0803. The summed E-state index contributed by atoms with van der Waals surface area (Å²) in [6.07, 6.45) is 3.38. The van der Waals surface area contributed by atoms with E-state index in [1.165, 1.54) is 12.0 Å². The maximum absolute atomic E-state index is 13.7. The van der Waals surface area contributed by atoms with Crippen LogP contribution in [0.25, 0.3) is 10.9 Å². The summed E-state index contributed by atoms with van der Waals surface area (Å²) in [5.41, 5.74) is 3.17. The van der Waals surface area contributed by atoms with E-state index in [-0.39, 0.29) is 11.6 Å². The number of anilines is 1. The van der Waals surface area contributed by atoms with Crippen LogP contribution in [0.4, 0.5) is 5.69 Å². The summed E-state index contributed by atoms with van der Waals surface area (Å²) in [6, 6.07) is 16.7. The Kier molecular flexibility index (Phi) is 7.72. The topological polar surface area (TPSA) is 41.4 Å². The third kappa shape index (κ3) is 5.20. The number of piperidine rings is 1. The Morgan fingerprint density at radius 2 is 1.76 bits per heavy atom. The first-order chi connectivity index (χ1) is 16.4. The van der Waals surface area contributed by atoms with Gasteiger partial charge in [-0.15, -0.1) is 0 Å². The Balaban J connectivity index is 1.72. The van der Waals surface area contributed by atoms with Crippen LogP contribution in [0.5, 0.6) is 0 Å². The molecule has 2 heterocycles. The number of rotatable bonds is 8. The average Bonchev–Trinajstić information content (AvgIpc) is 2.82. The molecule has 2 aromatic carbocycles. The second-order valence-electron chi connectivity index (χ2n) is 10.3. The second kappa shape index (κ2) is 10.7. The summed E-state index contributed by atoms with van der Waals surface area (Å²) in [4.78, 5) is 23.6. The SMILES string of the molecule is CCCC(c1nc2ccc(N(C)Cc3ccccc3)cc2c(=O)n1CC)N1C[C@H](C)C[C@H](C)C1. The lowest BCUT2D eigenvalue weighted by Gasteiger charge is -2.40. The summed E-state index contributed by atoms with van der Waals surface area (Å²) < 4.78 is 1.92. The highest BCUT2D eigenvalue weighted by Gasteiger charge is 2.31. The lowest BCUT2D eigenvalue weighted by Crippen LogP contribution is -2.43. The maximum Gasteiger partial charge on any atom is 0.261 e. The highest BCUT2D eigenvalue weighted by molar-refractivity contribution is 5.82. The molecule has 5 heteroatoms. The van der Waals surface area contributed by atoms with E-state index in [9.17, 15) is 4.79 Å². The number of hydrogen-bond donors (Lipinski definition) is 0. The zero-order valence-corrected chi connectivity index (χ0v) is 21.5. The molecule has 0 saturated carbocycles. The van der Waals surface area contributed by atoms with Crippen molar-refractivity contribution in [2.75, 3.05) is 25.0 Å². The summed E-state index contributed by atoms with van der Waals surface area (Å²) in [6.45, 7) is 12.6. The van der Waals surface area contributed by atoms with Crippen molar-refractivity contribution in [3.05, 3.63) is 70.3 Å². The number of nitrogens with zero attached hydrogens (tertiary/aromatic N) is 4. The lowest BCUT2D eigenvalue weighted by atomic mass is 9.90. The van der Waals surface area contributed by atoms with Crippen LogP contribution in [0, 0.1) is 11.8 Å². The molecule has 0 bridgehead atoms. The normalized spacial score (nSPS) is 19.9. The van der Waals surface area contributed by atoms with Crippen molar-refractivity contribution < 1.29 is 0 Å². The first-order valence-electron chi connectivity index (χ1n) is 12.9. The molecule has 0 spiro atoms. The van der Waals surface area contributed by atoms with Crippen molar-refractivity contribution in [3.8, 4) is 0 Å². The monoisotopic (exact) mass is 460 g/mol. The molecule has 1 saturated heterocycles. The van der Waals surface area contributed by atoms with Gasteiger partial charge < -0.3 is 4.90 Å². The highest BCUT2D eigenvalue weighted by Crippen LogP contribution is 2.32. The average molecular weight is 461 g/mol. The molecule has 4 rings (SSSR count). The number of aromatic nitrogens is 2. The summed E-state index contributed by atoms with van der Waals surface area (Å²) in [7, 11) is 2.07. The third-order valence-corrected chi connectivity index (χ3v) is 7.18. The zero-order valence-electron chi connectivity index (χ0n) is 21.5. The molecule has 34 heavy (non-hydrogen) atoms. The Morgan fingerprint density at radius 3 is 2.41 bits per heavy atom. The van der Waals surface area contributed by atoms with Gasteiger partial charge in [-0.25, -0.2) is 4.98 Å². The van der Waals surface area contributed by atoms with Crippen LogP contribution >= 0.6 is 0 Å². The molecule has 0 N–H and O–H groups in total. The van der Waals surface area contributed by atoms with E-state index >= 15 is 0 Å². The van der Waals surface area contributed by atoms with E-state index < -0.39 is 0 Å². The molecule has 1 unspecified atom stereocenters. The molecule has 1 aliphatic heterocycles. The Bertz CT molecular complexity index is 1150. The lowest BCUT2D eigenvalue weighted by molar-refractivity contribution is 0.0836. The van der Waals surface area contributed by atoms with Crippen molar-refractivity contribution in [2.45, 2.75) is 66.1 Å². The van der Waals surface area contributed by atoms with Gasteiger partial charge in [0.15, 0.2) is 0 Å². The molecule has 1 aromatic heterocycles. The quantitative estimate of drug-likeness (QED) is 0.421. The van der Waals surface area contributed by atoms with E-state index in [0.717, 1.165) is 49.5 Å². The Morgan fingerprint density at radius 1 is 1.06 bits per heavy atom. The van der Waals surface area contributed by atoms with Crippen molar-refractivity contribution in [1.82, 2.24) is 14.5 Å². The highest BCUT2D eigenvalue weighted by atomic mass is 16.1. The van der Waals surface area contributed by atoms with E-state index in [2.05, 4.69) is 74.9 Å². The van der Waals surface area contributed by atoms with Crippen molar-refractivity contribution >= 4 is 16.6 Å². The van der Waals surface area contributed by atoms with Gasteiger partial charge in [0.2, 0.25) is 0 Å². The van der Waals surface area contributed by atoms with Gasteiger partial charge >= 0.3 is 0 Å². The summed E-state index contributed by atoms with van der Waals surface area (Å²) in [5, 5.41) is 0.707. The van der Waals surface area contributed by atoms with E-state index in [1.807, 2.05) is 22.8 Å². The van der Waals surface area contributed by atoms with Gasteiger partial charge in [-0.1, -0.05) is 57.5 Å². The minimum Gasteiger partial charge on any atom is -0.370 e. The third-order valence-electron chi connectivity index (χ3n) is 7.18. The summed E-state index contributed by atoms with van der Waals surface area (Å²) in [5.74, 6) is 2.29. The van der Waals surface area contributed by atoms with Gasteiger partial charge in [-0.2, -0.15) is 0 Å². The van der Waals surface area contributed by atoms with Crippen LogP contribution < -0.4 is 10.5 Å². The van der Waals surface area contributed by atoms with Crippen molar-refractivity contribution in [2.24, 2.45) is 11.8 Å². The van der Waals surface area contributed by atoms with E-state index in [1.54, 1.807) is 0 Å². The second-order valence-corrected chi connectivity index (χ2v) is 10.3. The van der Waals surface area contributed by atoms with Gasteiger partial charge in [0.25, 0.3) is 5.56 Å². The van der Waals surface area contributed by atoms with Gasteiger partial charge in [-0.05, 0) is 55.4 Å². The molecule has 3 atom stereocenters. The molecule has 182 valence electrons. The number of benzene rings is 2. The fraction of sp³-hybridized carbons (Fsp3) is 0.517.